The Labute approximate surface area is 93.3 Å². The number of hydrogen-bond donors (Lipinski definition) is 1. The Balaban J connectivity index is 2.54. The molecule has 1 rings (SSSR count). The molecule has 0 unspecified atom stereocenters. The van der Waals surface area contributed by atoms with Crippen LogP contribution in [0.25, 0.3) is 0 Å². The van der Waals surface area contributed by atoms with Crippen molar-refractivity contribution in [3.05, 3.63) is 34.3 Å². The minimum atomic E-state index is -4.63. The van der Waals surface area contributed by atoms with Crippen molar-refractivity contribution in [2.24, 2.45) is 5.73 Å². The largest absolute Gasteiger partial charge is 0.522 e. The Morgan fingerprint density at radius 3 is 2.27 bits per heavy atom. The zero-order valence-electron chi connectivity index (χ0n) is 7.59. The third-order valence-corrected chi connectivity index (χ3v) is 2.25. The van der Waals surface area contributed by atoms with Crippen molar-refractivity contribution in [2.45, 2.75) is 12.4 Å². The SMILES string of the molecule is N[C@H](COC(F)(F)F)c1ccc(Br)cc1. The van der Waals surface area contributed by atoms with Crippen LogP contribution in [-0.2, 0) is 4.74 Å². The molecule has 1 atom stereocenters. The van der Waals surface area contributed by atoms with Gasteiger partial charge in [-0.1, -0.05) is 28.1 Å². The summed E-state index contributed by atoms with van der Waals surface area (Å²) in [6.07, 6.45) is -4.63. The second kappa shape index (κ2) is 4.96. The second-order valence-electron chi connectivity index (χ2n) is 2.91. The Hall–Kier alpha value is -0.590. The van der Waals surface area contributed by atoms with Gasteiger partial charge in [0, 0.05) is 4.47 Å². The first-order valence-electron chi connectivity index (χ1n) is 4.10. The topological polar surface area (TPSA) is 35.2 Å². The predicted molar refractivity (Wildman–Crippen MR) is 53.1 cm³/mol. The molecule has 0 bridgehead atoms. The number of ether oxygens (including phenoxy) is 1. The van der Waals surface area contributed by atoms with Crippen LogP contribution in [0, 0.1) is 0 Å². The van der Waals surface area contributed by atoms with Gasteiger partial charge in [0.05, 0.1) is 12.6 Å². The lowest BCUT2D eigenvalue weighted by Gasteiger charge is -2.13. The highest BCUT2D eigenvalue weighted by Gasteiger charge is 2.29. The summed E-state index contributed by atoms with van der Waals surface area (Å²) in [5.41, 5.74) is 6.11. The lowest BCUT2D eigenvalue weighted by atomic mass is 10.1. The van der Waals surface area contributed by atoms with Crippen molar-refractivity contribution in [3.8, 4) is 0 Å². The van der Waals surface area contributed by atoms with Crippen molar-refractivity contribution in [1.82, 2.24) is 0 Å². The average molecular weight is 284 g/mol. The van der Waals surface area contributed by atoms with Crippen molar-refractivity contribution < 1.29 is 17.9 Å². The molecule has 0 aliphatic heterocycles. The van der Waals surface area contributed by atoms with Crippen molar-refractivity contribution in [1.29, 1.82) is 0 Å². The zero-order valence-corrected chi connectivity index (χ0v) is 9.18. The van der Waals surface area contributed by atoms with Crippen LogP contribution in [0.4, 0.5) is 13.2 Å². The molecule has 0 heterocycles. The van der Waals surface area contributed by atoms with Crippen LogP contribution in [0.15, 0.2) is 28.7 Å². The van der Waals surface area contributed by atoms with Crippen LogP contribution in [0.2, 0.25) is 0 Å². The van der Waals surface area contributed by atoms with Crippen LogP contribution in [0.5, 0.6) is 0 Å². The van der Waals surface area contributed by atoms with Gasteiger partial charge in [0.2, 0.25) is 0 Å². The van der Waals surface area contributed by atoms with E-state index in [1.807, 2.05) is 0 Å². The molecule has 84 valence electrons. The van der Waals surface area contributed by atoms with Gasteiger partial charge < -0.3 is 5.73 Å². The van der Waals surface area contributed by atoms with Gasteiger partial charge in [-0.2, -0.15) is 0 Å². The molecule has 6 heteroatoms. The average Bonchev–Trinajstić information content (AvgIpc) is 2.14. The van der Waals surface area contributed by atoms with Gasteiger partial charge in [-0.25, -0.2) is 0 Å². The monoisotopic (exact) mass is 283 g/mol. The maximum Gasteiger partial charge on any atom is 0.522 e. The molecule has 2 nitrogen and oxygen atoms in total. The molecule has 0 aliphatic rings. The van der Waals surface area contributed by atoms with Crippen molar-refractivity contribution in [2.75, 3.05) is 6.61 Å². The standard InChI is InChI=1S/C9H9BrF3NO/c10-7-3-1-6(2-4-7)8(14)5-15-9(11,12)13/h1-4,8H,5,14H2/t8-/m1/s1. The van der Waals surface area contributed by atoms with E-state index >= 15 is 0 Å². The highest BCUT2D eigenvalue weighted by Crippen LogP contribution is 2.20. The van der Waals surface area contributed by atoms with Crippen molar-refractivity contribution >= 4 is 15.9 Å². The number of nitrogens with two attached hydrogens (primary N) is 1. The molecule has 0 saturated heterocycles. The van der Waals surface area contributed by atoms with E-state index in [4.69, 9.17) is 5.73 Å². The molecule has 0 fully saturated rings. The van der Waals surface area contributed by atoms with E-state index in [1.165, 1.54) is 0 Å². The van der Waals surface area contributed by atoms with Crippen LogP contribution in [-0.4, -0.2) is 13.0 Å². The number of halogens is 4. The summed E-state index contributed by atoms with van der Waals surface area (Å²) in [5, 5.41) is 0. The van der Waals surface area contributed by atoms with Gasteiger partial charge >= 0.3 is 6.36 Å². The van der Waals surface area contributed by atoms with E-state index in [2.05, 4.69) is 20.7 Å². The van der Waals surface area contributed by atoms with Crippen LogP contribution >= 0.6 is 15.9 Å². The molecule has 0 amide bonds. The van der Waals surface area contributed by atoms with Gasteiger partial charge in [0.1, 0.15) is 0 Å². The van der Waals surface area contributed by atoms with Crippen molar-refractivity contribution in [3.63, 3.8) is 0 Å². The molecular formula is C9H9BrF3NO. The number of benzene rings is 1. The summed E-state index contributed by atoms with van der Waals surface area (Å²) in [7, 11) is 0. The lowest BCUT2D eigenvalue weighted by molar-refractivity contribution is -0.326. The first kappa shape index (κ1) is 12.5. The minimum absolute atomic E-state index is 0.578. The molecular weight excluding hydrogens is 275 g/mol. The number of alkyl halides is 3. The number of hydrogen-bond acceptors (Lipinski definition) is 2. The maximum atomic E-state index is 11.7. The smallest absolute Gasteiger partial charge is 0.322 e. The Morgan fingerprint density at radius 1 is 1.27 bits per heavy atom. The lowest BCUT2D eigenvalue weighted by Crippen LogP contribution is -2.23. The van der Waals surface area contributed by atoms with E-state index in [-0.39, 0.29) is 0 Å². The highest BCUT2D eigenvalue weighted by molar-refractivity contribution is 9.10. The normalized spacial score (nSPS) is 13.9. The molecule has 1 aromatic carbocycles. The van der Waals surface area contributed by atoms with E-state index in [1.54, 1.807) is 24.3 Å². The van der Waals surface area contributed by atoms with Crippen LogP contribution in [0.1, 0.15) is 11.6 Å². The summed E-state index contributed by atoms with van der Waals surface area (Å²) in [5.74, 6) is 0. The molecule has 2 N–H and O–H groups in total. The maximum absolute atomic E-state index is 11.7. The van der Waals surface area contributed by atoms with Gasteiger partial charge in [0.15, 0.2) is 0 Å². The van der Waals surface area contributed by atoms with E-state index in [0.717, 1.165) is 4.47 Å². The summed E-state index contributed by atoms with van der Waals surface area (Å²) < 4.78 is 39.6. The van der Waals surface area contributed by atoms with Crippen LogP contribution < -0.4 is 5.73 Å². The van der Waals surface area contributed by atoms with Gasteiger partial charge in [-0.05, 0) is 17.7 Å². The zero-order chi connectivity index (χ0) is 11.5. The number of rotatable bonds is 3. The second-order valence-corrected chi connectivity index (χ2v) is 3.83. The molecule has 0 aliphatic carbocycles. The first-order valence-corrected chi connectivity index (χ1v) is 4.89. The summed E-state index contributed by atoms with van der Waals surface area (Å²) in [6.45, 7) is -0.578. The molecule has 15 heavy (non-hydrogen) atoms. The highest BCUT2D eigenvalue weighted by atomic mass is 79.9. The van der Waals surface area contributed by atoms with Gasteiger partial charge in [0.25, 0.3) is 0 Å². The Bertz CT molecular complexity index is 312. The fourth-order valence-corrected chi connectivity index (χ4v) is 1.25. The quantitative estimate of drug-likeness (QED) is 0.926. The predicted octanol–water partition coefficient (Wildman–Crippen LogP) is 2.99. The third-order valence-electron chi connectivity index (χ3n) is 1.72. The Kier molecular flexibility index (Phi) is 4.12. The molecule has 0 radical (unpaired) electrons. The first-order chi connectivity index (χ1) is 6.88. The van der Waals surface area contributed by atoms with Gasteiger partial charge in [-0.15, -0.1) is 13.2 Å². The third kappa shape index (κ3) is 4.63. The van der Waals surface area contributed by atoms with Crippen LogP contribution in [0.3, 0.4) is 0 Å². The fourth-order valence-electron chi connectivity index (χ4n) is 0.990. The fraction of sp³-hybridized carbons (Fsp3) is 0.333. The summed E-state index contributed by atoms with van der Waals surface area (Å²) in [4.78, 5) is 0. The molecule has 0 aromatic heterocycles. The molecule has 1 aromatic rings. The van der Waals surface area contributed by atoms with E-state index in [0.29, 0.717) is 5.56 Å². The molecule has 0 saturated carbocycles. The minimum Gasteiger partial charge on any atom is -0.322 e. The van der Waals surface area contributed by atoms with Gasteiger partial charge in [-0.3, -0.25) is 4.74 Å². The van der Waals surface area contributed by atoms with E-state index < -0.39 is 19.0 Å². The van der Waals surface area contributed by atoms with E-state index in [9.17, 15) is 13.2 Å². The summed E-state index contributed by atoms with van der Waals surface area (Å²) in [6, 6.07) is 5.94. The summed E-state index contributed by atoms with van der Waals surface area (Å²) >= 11 is 3.21. The Morgan fingerprint density at radius 2 is 1.80 bits per heavy atom. The molecule has 0 spiro atoms.